The molecule has 1 aromatic heterocycles. The Labute approximate surface area is 124 Å². The van der Waals surface area contributed by atoms with Crippen molar-refractivity contribution in [2.45, 2.75) is 12.7 Å². The predicted molar refractivity (Wildman–Crippen MR) is 76.2 cm³/mol. The minimum atomic E-state index is -4.40. The van der Waals surface area contributed by atoms with Crippen molar-refractivity contribution in [1.82, 2.24) is 15.5 Å². The third-order valence-corrected chi connectivity index (χ3v) is 3.24. The molecule has 0 atom stereocenters. The second-order valence-corrected chi connectivity index (χ2v) is 5.06. The van der Waals surface area contributed by atoms with E-state index in [9.17, 15) is 18.0 Å². The topological polar surface area (TPSA) is 56.7 Å². The van der Waals surface area contributed by atoms with E-state index >= 15 is 0 Å². The molecule has 21 heavy (non-hydrogen) atoms. The summed E-state index contributed by atoms with van der Waals surface area (Å²) in [5, 5.41) is 9.54. The number of nitrogens with one attached hydrogen (secondary N) is 2. The monoisotopic (exact) mass is 322 g/mol. The summed E-state index contributed by atoms with van der Waals surface area (Å²) in [4.78, 5) is 16.1. The first kappa shape index (κ1) is 17.3. The fourth-order valence-electron chi connectivity index (χ4n) is 1.45. The lowest BCUT2D eigenvalue weighted by atomic mass is 10.3. The van der Waals surface area contributed by atoms with Crippen molar-refractivity contribution >= 4 is 23.2 Å². The van der Waals surface area contributed by atoms with Gasteiger partial charge in [-0.25, -0.2) is 0 Å². The van der Waals surface area contributed by atoms with E-state index in [4.69, 9.17) is 0 Å². The average molecular weight is 322 g/mol. The first-order chi connectivity index (χ1) is 9.81. The fourth-order valence-corrected chi connectivity index (χ4v) is 2.12. The number of thiophene rings is 1. The second kappa shape index (κ2) is 7.87. The molecule has 0 radical (unpaired) electrons. The minimum absolute atomic E-state index is 0.254. The zero-order chi connectivity index (χ0) is 15.9. The molecule has 1 amide bonds. The van der Waals surface area contributed by atoms with Crippen molar-refractivity contribution in [3.8, 4) is 0 Å². The van der Waals surface area contributed by atoms with Crippen molar-refractivity contribution in [1.29, 1.82) is 0 Å². The SMILES string of the molecule is CN=C(NCC(=O)N(C)CC(F)(F)F)NCc1ccsc1. The van der Waals surface area contributed by atoms with Crippen LogP contribution in [0.25, 0.3) is 0 Å². The molecule has 118 valence electrons. The van der Waals surface area contributed by atoms with Gasteiger partial charge in [0.25, 0.3) is 0 Å². The summed E-state index contributed by atoms with van der Waals surface area (Å²) >= 11 is 1.56. The molecule has 0 saturated carbocycles. The van der Waals surface area contributed by atoms with Crippen molar-refractivity contribution in [3.05, 3.63) is 22.4 Å². The second-order valence-electron chi connectivity index (χ2n) is 4.28. The molecule has 0 aliphatic rings. The van der Waals surface area contributed by atoms with Crippen LogP contribution in [0.4, 0.5) is 13.2 Å². The number of aliphatic imine (C=N–C) groups is 1. The highest BCUT2D eigenvalue weighted by Crippen LogP contribution is 2.15. The van der Waals surface area contributed by atoms with Crippen LogP contribution in [0.1, 0.15) is 5.56 Å². The first-order valence-electron chi connectivity index (χ1n) is 6.08. The van der Waals surface area contributed by atoms with Crippen LogP contribution in [0.3, 0.4) is 0 Å². The Balaban J connectivity index is 2.36. The number of halogens is 3. The van der Waals surface area contributed by atoms with Crippen LogP contribution < -0.4 is 10.6 Å². The Morgan fingerprint density at radius 2 is 2.14 bits per heavy atom. The molecule has 5 nitrogen and oxygen atoms in total. The maximum atomic E-state index is 12.2. The third-order valence-electron chi connectivity index (χ3n) is 2.51. The summed E-state index contributed by atoms with van der Waals surface area (Å²) in [6, 6.07) is 1.94. The minimum Gasteiger partial charge on any atom is -0.352 e. The zero-order valence-electron chi connectivity index (χ0n) is 11.7. The maximum Gasteiger partial charge on any atom is 0.406 e. The normalized spacial score (nSPS) is 12.1. The number of hydrogen-bond donors (Lipinski definition) is 2. The molecule has 0 aliphatic carbocycles. The summed E-state index contributed by atoms with van der Waals surface area (Å²) in [6.07, 6.45) is -4.40. The molecule has 9 heteroatoms. The number of amides is 1. The number of hydrogen-bond acceptors (Lipinski definition) is 3. The van der Waals surface area contributed by atoms with Crippen LogP contribution >= 0.6 is 11.3 Å². The average Bonchev–Trinajstić information content (AvgIpc) is 2.89. The molecule has 0 bridgehead atoms. The molecule has 1 aromatic rings. The van der Waals surface area contributed by atoms with E-state index in [0.29, 0.717) is 17.4 Å². The summed E-state index contributed by atoms with van der Waals surface area (Å²) in [7, 11) is 2.63. The standard InChI is InChI=1S/C12H17F3N4OS/c1-16-11(17-5-9-3-4-21-7-9)18-6-10(20)19(2)8-12(13,14)15/h3-4,7H,5-6,8H2,1-2H3,(H2,16,17,18). The Bertz CT molecular complexity index is 473. The number of alkyl halides is 3. The smallest absolute Gasteiger partial charge is 0.352 e. The van der Waals surface area contributed by atoms with Gasteiger partial charge in [-0.2, -0.15) is 24.5 Å². The highest BCUT2D eigenvalue weighted by Gasteiger charge is 2.31. The number of carbonyl (C=O) groups excluding carboxylic acids is 1. The summed E-state index contributed by atoms with van der Waals surface area (Å²) < 4.78 is 36.5. The Morgan fingerprint density at radius 1 is 1.43 bits per heavy atom. The molecule has 0 fully saturated rings. The number of rotatable bonds is 5. The Morgan fingerprint density at radius 3 is 2.67 bits per heavy atom. The van der Waals surface area contributed by atoms with Crippen LogP contribution in [0.15, 0.2) is 21.8 Å². The van der Waals surface area contributed by atoms with Gasteiger partial charge in [-0.05, 0) is 22.4 Å². The largest absolute Gasteiger partial charge is 0.406 e. The van der Waals surface area contributed by atoms with Gasteiger partial charge >= 0.3 is 6.18 Å². The highest BCUT2D eigenvalue weighted by molar-refractivity contribution is 7.07. The first-order valence-corrected chi connectivity index (χ1v) is 7.02. The van der Waals surface area contributed by atoms with Crippen molar-refractivity contribution in [2.24, 2.45) is 4.99 Å². The van der Waals surface area contributed by atoms with E-state index in [1.165, 1.54) is 7.05 Å². The molecule has 0 saturated heterocycles. The van der Waals surface area contributed by atoms with E-state index in [-0.39, 0.29) is 6.54 Å². The summed E-state index contributed by atoms with van der Waals surface area (Å²) in [6.45, 7) is -1.000. The molecule has 2 N–H and O–H groups in total. The fraction of sp³-hybridized carbons (Fsp3) is 0.500. The van der Waals surface area contributed by atoms with Gasteiger partial charge in [0.2, 0.25) is 5.91 Å². The molecule has 1 rings (SSSR count). The van der Waals surface area contributed by atoms with Crippen molar-refractivity contribution in [2.75, 3.05) is 27.2 Å². The van der Waals surface area contributed by atoms with E-state index in [1.807, 2.05) is 16.8 Å². The Hall–Kier alpha value is -1.77. The van der Waals surface area contributed by atoms with Gasteiger partial charge in [0.15, 0.2) is 5.96 Å². The Kier molecular flexibility index (Phi) is 6.47. The van der Waals surface area contributed by atoms with Gasteiger partial charge in [0, 0.05) is 20.6 Å². The van der Waals surface area contributed by atoms with Crippen LogP contribution in [-0.4, -0.2) is 50.1 Å². The predicted octanol–water partition coefficient (Wildman–Crippen LogP) is 1.43. The van der Waals surface area contributed by atoms with Gasteiger partial charge in [-0.15, -0.1) is 0 Å². The lowest BCUT2D eigenvalue weighted by Gasteiger charge is -2.19. The number of carbonyl (C=O) groups is 1. The molecule has 0 spiro atoms. The third kappa shape index (κ3) is 6.98. The molecule has 0 unspecified atom stereocenters. The van der Waals surface area contributed by atoms with Gasteiger partial charge in [-0.1, -0.05) is 0 Å². The van der Waals surface area contributed by atoms with E-state index in [1.54, 1.807) is 11.3 Å². The number of guanidine groups is 1. The number of nitrogens with zero attached hydrogens (tertiary/aromatic N) is 2. The van der Waals surface area contributed by atoms with Gasteiger partial charge in [0.05, 0.1) is 6.54 Å². The maximum absolute atomic E-state index is 12.2. The van der Waals surface area contributed by atoms with E-state index in [2.05, 4.69) is 15.6 Å². The van der Waals surface area contributed by atoms with Crippen molar-refractivity contribution < 1.29 is 18.0 Å². The van der Waals surface area contributed by atoms with Crippen LogP contribution in [0, 0.1) is 0 Å². The van der Waals surface area contributed by atoms with Gasteiger partial charge in [-0.3, -0.25) is 9.79 Å². The molecular weight excluding hydrogens is 305 g/mol. The van der Waals surface area contributed by atoms with Gasteiger partial charge < -0.3 is 15.5 Å². The highest BCUT2D eigenvalue weighted by atomic mass is 32.1. The van der Waals surface area contributed by atoms with Gasteiger partial charge in [0.1, 0.15) is 6.54 Å². The lowest BCUT2D eigenvalue weighted by Crippen LogP contribution is -2.45. The summed E-state index contributed by atoms with van der Waals surface area (Å²) in [5.41, 5.74) is 1.06. The molecule has 0 aromatic carbocycles. The van der Waals surface area contributed by atoms with Crippen LogP contribution in [-0.2, 0) is 11.3 Å². The molecule has 1 heterocycles. The summed E-state index contributed by atoms with van der Waals surface area (Å²) in [5.74, 6) is -0.305. The van der Waals surface area contributed by atoms with Crippen LogP contribution in [0.5, 0.6) is 0 Å². The quantitative estimate of drug-likeness (QED) is 0.637. The number of likely N-dealkylation sites (N-methyl/N-ethyl adjacent to an activating group) is 1. The van der Waals surface area contributed by atoms with E-state index < -0.39 is 18.6 Å². The molecular formula is C12H17F3N4OS. The van der Waals surface area contributed by atoms with Crippen LogP contribution in [0.2, 0.25) is 0 Å². The van der Waals surface area contributed by atoms with E-state index in [0.717, 1.165) is 12.6 Å². The lowest BCUT2D eigenvalue weighted by molar-refractivity contribution is -0.157. The molecule has 0 aliphatic heterocycles. The van der Waals surface area contributed by atoms with Crippen molar-refractivity contribution in [3.63, 3.8) is 0 Å². The zero-order valence-corrected chi connectivity index (χ0v) is 12.5.